The summed E-state index contributed by atoms with van der Waals surface area (Å²) < 4.78 is 6.61. The van der Waals surface area contributed by atoms with Crippen LogP contribution in [0.2, 0.25) is 0 Å². The first-order chi connectivity index (χ1) is 13.5. The van der Waals surface area contributed by atoms with Crippen molar-refractivity contribution in [1.82, 2.24) is 4.98 Å². The van der Waals surface area contributed by atoms with E-state index < -0.39 is 0 Å². The highest BCUT2D eigenvalue weighted by Crippen LogP contribution is 2.33. The zero-order valence-corrected chi connectivity index (χ0v) is 17.6. The summed E-state index contributed by atoms with van der Waals surface area (Å²) in [5, 5.41) is 0.680. The fourth-order valence-corrected chi connectivity index (χ4v) is 4.58. The number of aromatic nitrogens is 1. The van der Waals surface area contributed by atoms with Gasteiger partial charge in [0.25, 0.3) is 5.91 Å². The standard InChI is InChI=1S/C22H20N2O2S2/c1-14-11-15(2)20-19(12-14)23-22(28-20)24(13-17-5-4-10-26-17)21(25)16-6-8-18(27-3)9-7-16/h4-12H,13H2,1-3H3. The van der Waals surface area contributed by atoms with Crippen molar-refractivity contribution in [3.8, 4) is 0 Å². The highest BCUT2D eigenvalue weighted by Gasteiger charge is 2.23. The minimum Gasteiger partial charge on any atom is -0.467 e. The molecule has 0 fully saturated rings. The predicted octanol–water partition coefficient (Wildman–Crippen LogP) is 6.08. The number of carbonyl (C=O) groups excluding carboxylic acids is 1. The van der Waals surface area contributed by atoms with Gasteiger partial charge in [0.15, 0.2) is 5.13 Å². The monoisotopic (exact) mass is 408 g/mol. The molecule has 6 heteroatoms. The normalized spacial score (nSPS) is 11.1. The quantitative estimate of drug-likeness (QED) is 0.376. The van der Waals surface area contributed by atoms with Gasteiger partial charge < -0.3 is 4.42 Å². The minimum absolute atomic E-state index is 0.0857. The Morgan fingerprint density at radius 3 is 2.64 bits per heavy atom. The maximum atomic E-state index is 13.3. The van der Waals surface area contributed by atoms with Gasteiger partial charge in [-0.25, -0.2) is 4.98 Å². The molecule has 0 saturated carbocycles. The Labute approximate surface area is 172 Å². The molecule has 0 unspecified atom stereocenters. The number of rotatable bonds is 5. The van der Waals surface area contributed by atoms with Crippen molar-refractivity contribution in [2.24, 2.45) is 0 Å². The third-order valence-electron chi connectivity index (χ3n) is 4.52. The van der Waals surface area contributed by atoms with Crippen LogP contribution >= 0.6 is 23.1 Å². The molecule has 2 aromatic carbocycles. The molecule has 0 radical (unpaired) electrons. The molecule has 1 amide bonds. The molecule has 0 bridgehead atoms. The minimum atomic E-state index is -0.0857. The van der Waals surface area contributed by atoms with Crippen LogP contribution in [0.3, 0.4) is 0 Å². The number of hydrogen-bond acceptors (Lipinski definition) is 5. The lowest BCUT2D eigenvalue weighted by atomic mass is 10.1. The third-order valence-corrected chi connectivity index (χ3v) is 6.49. The summed E-state index contributed by atoms with van der Waals surface area (Å²) in [6, 6.07) is 15.6. The molecule has 0 N–H and O–H groups in total. The zero-order chi connectivity index (χ0) is 19.7. The van der Waals surface area contributed by atoms with E-state index in [1.54, 1.807) is 34.3 Å². The van der Waals surface area contributed by atoms with Gasteiger partial charge in [-0.1, -0.05) is 17.4 Å². The van der Waals surface area contributed by atoms with Crippen LogP contribution in [0.1, 0.15) is 27.2 Å². The molecule has 0 aliphatic carbocycles. The molecule has 2 aromatic heterocycles. The lowest BCUT2D eigenvalue weighted by Crippen LogP contribution is -2.30. The second kappa shape index (κ2) is 7.81. The van der Waals surface area contributed by atoms with Gasteiger partial charge in [-0.05, 0) is 73.7 Å². The molecule has 0 aliphatic rings. The molecule has 28 heavy (non-hydrogen) atoms. The Kier molecular flexibility index (Phi) is 5.24. The molecule has 0 atom stereocenters. The van der Waals surface area contributed by atoms with Crippen LogP contribution in [0.5, 0.6) is 0 Å². The van der Waals surface area contributed by atoms with Gasteiger partial charge in [0.2, 0.25) is 0 Å². The van der Waals surface area contributed by atoms with E-state index in [1.807, 2.05) is 42.7 Å². The number of benzene rings is 2. The summed E-state index contributed by atoms with van der Waals surface area (Å²) in [4.78, 5) is 20.9. The van der Waals surface area contributed by atoms with Crippen molar-refractivity contribution in [3.63, 3.8) is 0 Å². The van der Waals surface area contributed by atoms with Gasteiger partial charge in [-0.3, -0.25) is 9.69 Å². The SMILES string of the molecule is CSc1ccc(C(=O)N(Cc2ccco2)c2nc3cc(C)cc(C)c3s2)cc1. The van der Waals surface area contributed by atoms with Crippen molar-refractivity contribution in [2.75, 3.05) is 11.2 Å². The van der Waals surface area contributed by atoms with E-state index in [1.165, 1.54) is 11.1 Å². The van der Waals surface area contributed by atoms with Crippen molar-refractivity contribution in [3.05, 3.63) is 77.2 Å². The molecule has 4 aromatic rings. The second-order valence-corrected chi connectivity index (χ2v) is 8.48. The van der Waals surface area contributed by atoms with E-state index in [9.17, 15) is 4.79 Å². The van der Waals surface area contributed by atoms with Crippen LogP contribution in [-0.4, -0.2) is 17.1 Å². The Morgan fingerprint density at radius 2 is 1.96 bits per heavy atom. The number of thioether (sulfide) groups is 1. The first-order valence-electron chi connectivity index (χ1n) is 8.91. The largest absolute Gasteiger partial charge is 0.467 e. The smallest absolute Gasteiger partial charge is 0.260 e. The van der Waals surface area contributed by atoms with Gasteiger partial charge in [-0.2, -0.15) is 0 Å². The van der Waals surface area contributed by atoms with Crippen LogP contribution in [0, 0.1) is 13.8 Å². The van der Waals surface area contributed by atoms with Crippen molar-refractivity contribution in [1.29, 1.82) is 0 Å². The van der Waals surface area contributed by atoms with Gasteiger partial charge in [0.05, 0.1) is 23.0 Å². The first kappa shape index (κ1) is 18.8. The lowest BCUT2D eigenvalue weighted by Gasteiger charge is -2.19. The van der Waals surface area contributed by atoms with E-state index in [0.717, 1.165) is 20.9 Å². The molecule has 4 rings (SSSR count). The highest BCUT2D eigenvalue weighted by molar-refractivity contribution is 7.98. The number of thiazole rings is 1. The maximum absolute atomic E-state index is 13.3. The predicted molar refractivity (Wildman–Crippen MR) is 117 cm³/mol. The van der Waals surface area contributed by atoms with Gasteiger partial charge in [0.1, 0.15) is 5.76 Å². The average molecular weight is 409 g/mol. The number of anilines is 1. The van der Waals surface area contributed by atoms with E-state index in [2.05, 4.69) is 26.0 Å². The highest BCUT2D eigenvalue weighted by atomic mass is 32.2. The lowest BCUT2D eigenvalue weighted by molar-refractivity contribution is 0.0983. The van der Waals surface area contributed by atoms with Gasteiger partial charge in [0, 0.05) is 10.5 Å². The van der Waals surface area contributed by atoms with E-state index >= 15 is 0 Å². The number of aryl methyl sites for hydroxylation is 2. The third kappa shape index (κ3) is 3.70. The van der Waals surface area contributed by atoms with Crippen molar-refractivity contribution < 1.29 is 9.21 Å². The molecular weight excluding hydrogens is 388 g/mol. The number of nitrogens with zero attached hydrogens (tertiary/aromatic N) is 2. The summed E-state index contributed by atoms with van der Waals surface area (Å²) in [5.74, 6) is 0.638. The number of carbonyl (C=O) groups is 1. The molecule has 0 saturated heterocycles. The summed E-state index contributed by atoms with van der Waals surface area (Å²) >= 11 is 3.19. The maximum Gasteiger partial charge on any atom is 0.260 e. The molecular formula is C22H20N2O2S2. The zero-order valence-electron chi connectivity index (χ0n) is 15.9. The van der Waals surface area contributed by atoms with Gasteiger partial charge in [-0.15, -0.1) is 11.8 Å². The second-order valence-electron chi connectivity index (χ2n) is 6.63. The average Bonchev–Trinajstić information content (AvgIpc) is 3.35. The molecule has 2 heterocycles. The summed E-state index contributed by atoms with van der Waals surface area (Å²) in [5.41, 5.74) is 3.90. The number of furan rings is 1. The summed E-state index contributed by atoms with van der Waals surface area (Å²) in [6.45, 7) is 4.48. The van der Waals surface area contributed by atoms with Gasteiger partial charge >= 0.3 is 0 Å². The van der Waals surface area contributed by atoms with Crippen molar-refractivity contribution >= 4 is 44.4 Å². The summed E-state index contributed by atoms with van der Waals surface area (Å²) in [6.07, 6.45) is 3.64. The fourth-order valence-electron chi connectivity index (χ4n) is 3.15. The van der Waals surface area contributed by atoms with Crippen LogP contribution < -0.4 is 4.90 Å². The van der Waals surface area contributed by atoms with E-state index in [4.69, 9.17) is 9.40 Å². The Balaban J connectivity index is 1.76. The van der Waals surface area contributed by atoms with Crippen molar-refractivity contribution in [2.45, 2.75) is 25.3 Å². The van der Waals surface area contributed by atoms with E-state index in [0.29, 0.717) is 17.2 Å². The summed E-state index contributed by atoms with van der Waals surface area (Å²) in [7, 11) is 0. The number of hydrogen-bond donors (Lipinski definition) is 0. The molecule has 0 aliphatic heterocycles. The van der Waals surface area contributed by atoms with Crippen LogP contribution in [0.25, 0.3) is 10.2 Å². The molecule has 142 valence electrons. The Bertz CT molecular complexity index is 1120. The number of fused-ring (bicyclic) bond motifs is 1. The fraction of sp³-hybridized carbons (Fsp3) is 0.182. The first-order valence-corrected chi connectivity index (χ1v) is 11.0. The van der Waals surface area contributed by atoms with Crippen LogP contribution in [0.15, 0.2) is 64.1 Å². The Hall–Kier alpha value is -2.57. The number of amides is 1. The Morgan fingerprint density at radius 1 is 1.18 bits per heavy atom. The molecule has 4 nitrogen and oxygen atoms in total. The molecule has 0 spiro atoms. The van der Waals surface area contributed by atoms with Crippen LogP contribution in [0.4, 0.5) is 5.13 Å². The topological polar surface area (TPSA) is 46.3 Å². The van der Waals surface area contributed by atoms with Crippen LogP contribution in [-0.2, 0) is 6.54 Å². The van der Waals surface area contributed by atoms with E-state index in [-0.39, 0.29) is 5.91 Å².